The van der Waals surface area contributed by atoms with Crippen molar-refractivity contribution in [2.45, 2.75) is 19.0 Å². The molecule has 1 N–H and O–H groups in total. The minimum atomic E-state index is -0.758. The summed E-state index contributed by atoms with van der Waals surface area (Å²) in [6.45, 7) is 0.796. The molecule has 0 bridgehead atoms. The normalized spacial score (nSPS) is 18.5. The van der Waals surface area contributed by atoms with Gasteiger partial charge in [0.1, 0.15) is 11.6 Å². The van der Waals surface area contributed by atoms with Crippen molar-refractivity contribution in [1.29, 1.82) is 0 Å². The van der Waals surface area contributed by atoms with Gasteiger partial charge in [-0.1, -0.05) is 29.3 Å². The van der Waals surface area contributed by atoms with E-state index in [0.717, 1.165) is 16.0 Å². The van der Waals surface area contributed by atoms with Crippen LogP contribution in [-0.2, 0) is 17.8 Å². The first-order valence-corrected chi connectivity index (χ1v) is 9.85. The third-order valence-corrected chi connectivity index (χ3v) is 5.41. The minimum absolute atomic E-state index is 0.293. The molecule has 0 aromatic heterocycles. The quantitative estimate of drug-likeness (QED) is 0.744. The molecule has 7 nitrogen and oxygen atoms in total. The highest BCUT2D eigenvalue weighted by Crippen LogP contribution is 2.20. The van der Waals surface area contributed by atoms with Gasteiger partial charge in [0, 0.05) is 20.5 Å². The van der Waals surface area contributed by atoms with Crippen LogP contribution in [0.4, 0.5) is 13.6 Å². The van der Waals surface area contributed by atoms with Crippen molar-refractivity contribution in [2.24, 2.45) is 4.99 Å². The summed E-state index contributed by atoms with van der Waals surface area (Å²) in [6, 6.07) is 11.0. The summed E-state index contributed by atoms with van der Waals surface area (Å²) < 4.78 is 28.2. The molecule has 4 rings (SSSR count). The molecule has 160 valence electrons. The van der Waals surface area contributed by atoms with Crippen molar-refractivity contribution < 1.29 is 22.9 Å². The highest BCUT2D eigenvalue weighted by molar-refractivity contribution is 6.22. The summed E-state index contributed by atoms with van der Waals surface area (Å²) in [7, 11) is 3.02. The summed E-state index contributed by atoms with van der Waals surface area (Å²) in [6.07, 6.45) is 0.617. The van der Waals surface area contributed by atoms with E-state index in [-0.39, 0.29) is 17.5 Å². The van der Waals surface area contributed by atoms with Gasteiger partial charge in [-0.3, -0.25) is 19.9 Å². The highest BCUT2D eigenvalue weighted by atomic mass is 19.1. The Morgan fingerprint density at radius 3 is 2.13 bits per heavy atom. The lowest BCUT2D eigenvalue weighted by Gasteiger charge is -2.31. The Balaban J connectivity index is 1.60. The third kappa shape index (κ3) is 4.03. The molecule has 1 atom stereocenters. The van der Waals surface area contributed by atoms with E-state index in [1.807, 2.05) is 0 Å². The molecule has 1 saturated heterocycles. The number of rotatable bonds is 5. The van der Waals surface area contributed by atoms with Gasteiger partial charge in [-0.2, -0.15) is 0 Å². The second kappa shape index (κ2) is 8.25. The van der Waals surface area contributed by atoms with E-state index in [4.69, 9.17) is 0 Å². The molecule has 3 amide bonds. The number of imide groups is 1. The van der Waals surface area contributed by atoms with Crippen LogP contribution >= 0.6 is 0 Å². The number of carbonyl (C=O) groups is 2. The maximum Gasteiger partial charge on any atom is 0.390 e. The Morgan fingerprint density at radius 2 is 1.52 bits per heavy atom. The average molecular weight is 426 g/mol. The van der Waals surface area contributed by atoms with Gasteiger partial charge in [-0.05, 0) is 35.4 Å². The van der Waals surface area contributed by atoms with Gasteiger partial charge in [0.25, 0.3) is 5.91 Å². The maximum absolute atomic E-state index is 13.3. The van der Waals surface area contributed by atoms with Crippen molar-refractivity contribution in [3.8, 4) is 0 Å². The number of guanidine groups is 1. The van der Waals surface area contributed by atoms with Gasteiger partial charge >= 0.3 is 12.0 Å². The van der Waals surface area contributed by atoms with Gasteiger partial charge in [0.15, 0.2) is 0 Å². The number of halogens is 2. The number of aliphatic imine (C=N–C) groups is 1. The van der Waals surface area contributed by atoms with Crippen molar-refractivity contribution in [2.75, 3.05) is 20.6 Å². The van der Waals surface area contributed by atoms with Crippen LogP contribution in [0.1, 0.15) is 11.1 Å². The summed E-state index contributed by atoms with van der Waals surface area (Å²) >= 11 is 0. The second-order valence-corrected chi connectivity index (χ2v) is 7.49. The molecule has 9 heteroatoms. The van der Waals surface area contributed by atoms with Crippen LogP contribution in [0.15, 0.2) is 53.5 Å². The predicted octanol–water partition coefficient (Wildman–Crippen LogP) is 1.97. The van der Waals surface area contributed by atoms with E-state index in [9.17, 15) is 18.4 Å². The number of fused-ring (bicyclic) bond motifs is 1. The SMILES string of the molecule is CN1C(=O)C2C(=NC(NCCc3ccc(F)cc3)=[N+]2Cc2ccc(F)cc2)N(C)C1=O. The first-order chi connectivity index (χ1) is 14.8. The van der Waals surface area contributed by atoms with Gasteiger partial charge in [0.2, 0.25) is 11.9 Å². The van der Waals surface area contributed by atoms with Crippen LogP contribution in [0.25, 0.3) is 0 Å². The topological polar surface area (TPSA) is 68.0 Å². The average Bonchev–Trinajstić information content (AvgIpc) is 3.12. The Morgan fingerprint density at radius 1 is 0.935 bits per heavy atom. The fourth-order valence-electron chi connectivity index (χ4n) is 3.66. The first kappa shape index (κ1) is 20.6. The van der Waals surface area contributed by atoms with Crippen molar-refractivity contribution in [1.82, 2.24) is 15.1 Å². The molecule has 1 unspecified atom stereocenters. The molecule has 0 radical (unpaired) electrons. The lowest BCUT2D eigenvalue weighted by Crippen LogP contribution is -2.61. The van der Waals surface area contributed by atoms with Crippen LogP contribution in [0.2, 0.25) is 0 Å². The number of nitrogens with one attached hydrogen (secondary N) is 1. The molecular weight excluding hydrogens is 404 g/mol. The first-order valence-electron chi connectivity index (χ1n) is 9.85. The number of urea groups is 1. The van der Waals surface area contributed by atoms with Gasteiger partial charge in [0.05, 0.1) is 13.1 Å². The highest BCUT2D eigenvalue weighted by Gasteiger charge is 2.51. The summed E-state index contributed by atoms with van der Waals surface area (Å²) in [4.78, 5) is 32.2. The van der Waals surface area contributed by atoms with Crippen molar-refractivity contribution in [3.63, 3.8) is 0 Å². The van der Waals surface area contributed by atoms with Gasteiger partial charge in [-0.25, -0.2) is 18.2 Å². The van der Waals surface area contributed by atoms with E-state index >= 15 is 0 Å². The second-order valence-electron chi connectivity index (χ2n) is 7.49. The molecule has 1 fully saturated rings. The van der Waals surface area contributed by atoms with E-state index < -0.39 is 12.1 Å². The Labute approximate surface area is 178 Å². The Hall–Kier alpha value is -3.62. The molecule has 2 aliphatic rings. The number of nitrogens with zero attached hydrogens (tertiary/aromatic N) is 4. The molecule has 31 heavy (non-hydrogen) atoms. The number of carbonyl (C=O) groups excluding carboxylic acids is 2. The van der Waals surface area contributed by atoms with E-state index in [1.54, 1.807) is 35.9 Å². The number of amides is 3. The Bertz CT molecular complexity index is 1080. The van der Waals surface area contributed by atoms with Crippen molar-refractivity contribution in [3.05, 3.63) is 71.3 Å². The number of hydrogen-bond donors (Lipinski definition) is 1. The summed E-state index contributed by atoms with van der Waals surface area (Å²) in [5.41, 5.74) is 1.75. The number of likely N-dealkylation sites (N-methyl/N-ethyl adjacent to an activating group) is 2. The minimum Gasteiger partial charge on any atom is -0.274 e. The predicted molar refractivity (Wildman–Crippen MR) is 111 cm³/mol. The fourth-order valence-corrected chi connectivity index (χ4v) is 3.66. The van der Waals surface area contributed by atoms with E-state index in [0.29, 0.717) is 31.3 Å². The zero-order valence-corrected chi connectivity index (χ0v) is 17.2. The van der Waals surface area contributed by atoms with Crippen LogP contribution in [0.3, 0.4) is 0 Å². The van der Waals surface area contributed by atoms with Crippen LogP contribution < -0.4 is 5.32 Å². The van der Waals surface area contributed by atoms with Crippen molar-refractivity contribution >= 4 is 23.7 Å². The monoisotopic (exact) mass is 426 g/mol. The number of hydrogen-bond acceptors (Lipinski definition) is 4. The maximum atomic E-state index is 13.3. The number of amidine groups is 1. The molecule has 0 spiro atoms. The molecule has 2 heterocycles. The van der Waals surface area contributed by atoms with E-state index in [1.165, 1.54) is 36.2 Å². The fraction of sp³-hybridized carbons (Fsp3) is 0.273. The van der Waals surface area contributed by atoms with Crippen LogP contribution in [0, 0.1) is 11.6 Å². The molecule has 0 saturated carbocycles. The van der Waals surface area contributed by atoms with Gasteiger partial charge in [-0.15, -0.1) is 0 Å². The summed E-state index contributed by atoms with van der Waals surface area (Å²) in [5, 5.41) is 3.23. The smallest absolute Gasteiger partial charge is 0.274 e. The molecule has 2 aliphatic heterocycles. The van der Waals surface area contributed by atoms with E-state index in [2.05, 4.69) is 10.3 Å². The van der Waals surface area contributed by atoms with Gasteiger partial charge < -0.3 is 0 Å². The molecule has 2 aromatic rings. The zero-order valence-electron chi connectivity index (χ0n) is 17.2. The molecular formula is C22H22F2N5O2+. The lowest BCUT2D eigenvalue weighted by molar-refractivity contribution is -0.553. The molecule has 2 aromatic carbocycles. The zero-order chi connectivity index (χ0) is 22.1. The summed E-state index contributed by atoms with van der Waals surface area (Å²) in [5.74, 6) is -0.214. The Kier molecular flexibility index (Phi) is 5.50. The van der Waals surface area contributed by atoms with Crippen LogP contribution in [0.5, 0.6) is 0 Å². The largest absolute Gasteiger partial charge is 0.390 e. The lowest BCUT2D eigenvalue weighted by atomic mass is 10.1. The third-order valence-electron chi connectivity index (χ3n) is 5.41. The number of benzene rings is 2. The standard InChI is InChI=1S/C22H21F2N5O2/c1-27-19-18(20(30)28(2)22(27)31)29(13-15-5-9-17(24)10-6-15)21(26-19)25-12-11-14-3-7-16(23)8-4-14/h3-10,18H,11-13H2,1-2H3/p+1. The molecule has 0 aliphatic carbocycles. The van der Waals surface area contributed by atoms with Crippen LogP contribution in [-0.4, -0.2) is 64.8 Å².